The van der Waals surface area contributed by atoms with Gasteiger partial charge in [-0.05, 0) is 6.42 Å². The van der Waals surface area contributed by atoms with Gasteiger partial charge in [0.15, 0.2) is 6.10 Å². The van der Waals surface area contributed by atoms with Crippen LogP contribution in [0, 0.1) is 0 Å². The van der Waals surface area contributed by atoms with Gasteiger partial charge in [0.1, 0.15) is 6.10 Å². The van der Waals surface area contributed by atoms with E-state index in [-0.39, 0.29) is 6.10 Å². The summed E-state index contributed by atoms with van der Waals surface area (Å²) in [6.45, 7) is 2.19. The summed E-state index contributed by atoms with van der Waals surface area (Å²) in [6.07, 6.45) is 6.48. The maximum atomic E-state index is 10.7. The Kier molecular flexibility index (Phi) is 5.77. The first-order valence-corrected chi connectivity index (χ1v) is 6.29. The van der Waals surface area contributed by atoms with Crippen LogP contribution in [0.2, 0.25) is 0 Å². The standard InChI is InChI=1S/C12H23NO3/c1-2-3-4-5-6-7-8-9(14)10-11(16-10)12(13)15/h9-11,14H,2-8H2,1H3,(H2,13,15)/t9-,10-,11-/m1/s1. The van der Waals surface area contributed by atoms with E-state index >= 15 is 0 Å². The van der Waals surface area contributed by atoms with Crippen LogP contribution >= 0.6 is 0 Å². The quantitative estimate of drug-likeness (QED) is 0.463. The van der Waals surface area contributed by atoms with Crippen LogP contribution in [0.3, 0.4) is 0 Å². The highest BCUT2D eigenvalue weighted by Crippen LogP contribution is 2.27. The summed E-state index contributed by atoms with van der Waals surface area (Å²) in [6, 6.07) is 0. The molecule has 1 aliphatic heterocycles. The highest BCUT2D eigenvalue weighted by molar-refractivity contribution is 5.81. The zero-order valence-corrected chi connectivity index (χ0v) is 10.0. The van der Waals surface area contributed by atoms with E-state index in [0.717, 1.165) is 12.8 Å². The summed E-state index contributed by atoms with van der Waals surface area (Å²) in [5.41, 5.74) is 5.06. The second-order valence-electron chi connectivity index (χ2n) is 4.55. The summed E-state index contributed by atoms with van der Waals surface area (Å²) in [5.74, 6) is -0.466. The van der Waals surface area contributed by atoms with E-state index in [0.29, 0.717) is 6.42 Å². The SMILES string of the molecule is CCCCCCCC[C@@H](O)[C@H]1O[C@H]1C(N)=O. The lowest BCUT2D eigenvalue weighted by Crippen LogP contribution is -2.25. The Morgan fingerprint density at radius 1 is 1.31 bits per heavy atom. The van der Waals surface area contributed by atoms with Crippen LogP contribution < -0.4 is 5.73 Å². The van der Waals surface area contributed by atoms with Crippen molar-refractivity contribution in [3.63, 3.8) is 0 Å². The minimum absolute atomic E-state index is 0.340. The van der Waals surface area contributed by atoms with Crippen LogP contribution in [0.25, 0.3) is 0 Å². The molecule has 0 unspecified atom stereocenters. The number of aliphatic hydroxyl groups excluding tert-OH is 1. The molecule has 0 aromatic rings. The zero-order chi connectivity index (χ0) is 12.0. The third kappa shape index (κ3) is 4.49. The number of epoxide rings is 1. The number of carbonyl (C=O) groups excluding carboxylic acids is 1. The van der Waals surface area contributed by atoms with Crippen molar-refractivity contribution in [3.8, 4) is 0 Å². The van der Waals surface area contributed by atoms with Gasteiger partial charge in [-0.25, -0.2) is 0 Å². The summed E-state index contributed by atoms with van der Waals surface area (Å²) in [5, 5.41) is 9.68. The molecule has 1 saturated heterocycles. The largest absolute Gasteiger partial charge is 0.390 e. The van der Waals surface area contributed by atoms with Gasteiger partial charge in [0.25, 0.3) is 0 Å². The van der Waals surface area contributed by atoms with Crippen LogP contribution in [0.5, 0.6) is 0 Å². The summed E-state index contributed by atoms with van der Waals surface area (Å²) in [4.78, 5) is 10.7. The first kappa shape index (κ1) is 13.5. The van der Waals surface area contributed by atoms with Gasteiger partial charge in [-0.15, -0.1) is 0 Å². The Balaban J connectivity index is 1.95. The van der Waals surface area contributed by atoms with Crippen molar-refractivity contribution >= 4 is 5.91 Å². The fourth-order valence-corrected chi connectivity index (χ4v) is 1.94. The molecule has 1 rings (SSSR count). The number of unbranched alkanes of at least 4 members (excludes halogenated alkanes) is 5. The third-order valence-corrected chi connectivity index (χ3v) is 3.04. The molecule has 4 nitrogen and oxygen atoms in total. The predicted molar refractivity (Wildman–Crippen MR) is 61.9 cm³/mol. The molecule has 0 aromatic heterocycles. The van der Waals surface area contributed by atoms with Gasteiger partial charge >= 0.3 is 0 Å². The molecule has 94 valence electrons. The lowest BCUT2D eigenvalue weighted by molar-refractivity contribution is -0.119. The van der Waals surface area contributed by atoms with E-state index in [9.17, 15) is 9.90 Å². The minimum Gasteiger partial charge on any atom is -0.390 e. The maximum Gasteiger partial charge on any atom is 0.249 e. The van der Waals surface area contributed by atoms with Gasteiger partial charge in [0.2, 0.25) is 5.91 Å². The molecule has 0 radical (unpaired) electrons. The predicted octanol–water partition coefficient (Wildman–Crippen LogP) is 1.35. The molecule has 1 heterocycles. The highest BCUT2D eigenvalue weighted by Gasteiger charge is 2.48. The molecular weight excluding hydrogens is 206 g/mol. The van der Waals surface area contributed by atoms with E-state index in [1.165, 1.54) is 25.7 Å². The number of carbonyl (C=O) groups is 1. The van der Waals surface area contributed by atoms with Crippen molar-refractivity contribution in [2.45, 2.75) is 70.2 Å². The molecule has 0 aliphatic carbocycles. The van der Waals surface area contributed by atoms with Crippen LogP contribution in [0.15, 0.2) is 0 Å². The Morgan fingerprint density at radius 2 is 1.94 bits per heavy atom. The van der Waals surface area contributed by atoms with Gasteiger partial charge in [-0.2, -0.15) is 0 Å². The van der Waals surface area contributed by atoms with Crippen molar-refractivity contribution in [1.82, 2.24) is 0 Å². The Morgan fingerprint density at radius 3 is 2.50 bits per heavy atom. The number of hydrogen-bond donors (Lipinski definition) is 2. The molecule has 1 fully saturated rings. The van der Waals surface area contributed by atoms with Gasteiger partial charge in [-0.3, -0.25) is 4.79 Å². The first-order chi connectivity index (χ1) is 7.66. The van der Waals surface area contributed by atoms with Gasteiger partial charge in [-0.1, -0.05) is 45.4 Å². The van der Waals surface area contributed by atoms with Crippen molar-refractivity contribution in [2.75, 3.05) is 0 Å². The number of aliphatic hydroxyl groups is 1. The summed E-state index contributed by atoms with van der Waals surface area (Å²) < 4.78 is 5.01. The Bertz CT molecular complexity index is 220. The topological polar surface area (TPSA) is 75.8 Å². The van der Waals surface area contributed by atoms with E-state index in [2.05, 4.69) is 6.92 Å². The number of ether oxygens (including phenoxy) is 1. The number of hydrogen-bond acceptors (Lipinski definition) is 3. The average Bonchev–Trinajstić information content (AvgIpc) is 3.02. The van der Waals surface area contributed by atoms with Crippen LogP contribution in [0.4, 0.5) is 0 Å². The lowest BCUT2D eigenvalue weighted by Gasteiger charge is -2.06. The molecule has 0 saturated carbocycles. The van der Waals surface area contributed by atoms with Crippen molar-refractivity contribution < 1.29 is 14.6 Å². The monoisotopic (exact) mass is 229 g/mol. The van der Waals surface area contributed by atoms with Crippen molar-refractivity contribution in [2.24, 2.45) is 5.73 Å². The van der Waals surface area contributed by atoms with Crippen molar-refractivity contribution in [1.29, 1.82) is 0 Å². The molecule has 3 atom stereocenters. The Hall–Kier alpha value is -0.610. The maximum absolute atomic E-state index is 10.7. The van der Waals surface area contributed by atoms with Gasteiger partial charge in [0.05, 0.1) is 6.10 Å². The van der Waals surface area contributed by atoms with E-state index < -0.39 is 18.1 Å². The van der Waals surface area contributed by atoms with Crippen LogP contribution in [0.1, 0.15) is 51.9 Å². The van der Waals surface area contributed by atoms with E-state index in [1.54, 1.807) is 0 Å². The molecular formula is C12H23NO3. The summed E-state index contributed by atoms with van der Waals surface area (Å²) >= 11 is 0. The van der Waals surface area contributed by atoms with Gasteiger partial charge < -0.3 is 15.6 Å². The number of amides is 1. The molecule has 4 heteroatoms. The molecule has 3 N–H and O–H groups in total. The first-order valence-electron chi connectivity index (χ1n) is 6.29. The fraction of sp³-hybridized carbons (Fsp3) is 0.917. The third-order valence-electron chi connectivity index (χ3n) is 3.04. The zero-order valence-electron chi connectivity index (χ0n) is 10.0. The lowest BCUT2D eigenvalue weighted by atomic mass is 10.0. The summed E-state index contributed by atoms with van der Waals surface area (Å²) in [7, 11) is 0. The van der Waals surface area contributed by atoms with E-state index in [4.69, 9.17) is 10.5 Å². The molecule has 0 aromatic carbocycles. The highest BCUT2D eigenvalue weighted by atomic mass is 16.6. The molecule has 1 amide bonds. The average molecular weight is 229 g/mol. The normalized spacial score (nSPS) is 25.4. The van der Waals surface area contributed by atoms with Crippen molar-refractivity contribution in [3.05, 3.63) is 0 Å². The minimum atomic E-state index is -0.546. The van der Waals surface area contributed by atoms with Gasteiger partial charge in [0, 0.05) is 0 Å². The van der Waals surface area contributed by atoms with Crippen LogP contribution in [-0.2, 0) is 9.53 Å². The smallest absolute Gasteiger partial charge is 0.249 e. The second-order valence-corrected chi connectivity index (χ2v) is 4.55. The number of nitrogens with two attached hydrogens (primary N) is 1. The number of primary amides is 1. The molecule has 0 bridgehead atoms. The second kappa shape index (κ2) is 6.86. The molecule has 1 aliphatic rings. The molecule has 16 heavy (non-hydrogen) atoms. The number of rotatable bonds is 9. The fourth-order valence-electron chi connectivity index (χ4n) is 1.94. The molecule has 0 spiro atoms. The van der Waals surface area contributed by atoms with Crippen LogP contribution in [-0.4, -0.2) is 29.3 Å². The van der Waals surface area contributed by atoms with E-state index in [1.807, 2.05) is 0 Å². The Labute approximate surface area is 97.2 Å².